The van der Waals surface area contributed by atoms with Crippen LogP contribution in [-0.2, 0) is 14.3 Å². The smallest absolute Gasteiger partial charge is 0.344 e. The van der Waals surface area contributed by atoms with Gasteiger partial charge in [-0.2, -0.15) is 0 Å². The largest absolute Gasteiger partial charge is 0.482 e. The van der Waals surface area contributed by atoms with Crippen molar-refractivity contribution in [2.45, 2.75) is 6.92 Å². The Kier molecular flexibility index (Phi) is 7.03. The maximum atomic E-state index is 11.9. The highest BCUT2D eigenvalue weighted by Crippen LogP contribution is 2.13. The molecule has 2 rings (SSSR count). The van der Waals surface area contributed by atoms with Gasteiger partial charge in [-0.05, 0) is 30.7 Å². The fourth-order valence-corrected chi connectivity index (χ4v) is 2.03. The molecule has 10 nitrogen and oxygen atoms in total. The number of esters is 1. The number of nitrogens with zero attached hydrogens (tertiary/aromatic N) is 1. The lowest BCUT2D eigenvalue weighted by atomic mass is 10.2. The van der Waals surface area contributed by atoms with Crippen LogP contribution < -0.4 is 15.6 Å². The van der Waals surface area contributed by atoms with E-state index in [0.29, 0.717) is 5.75 Å². The third-order valence-electron chi connectivity index (χ3n) is 3.35. The summed E-state index contributed by atoms with van der Waals surface area (Å²) in [5, 5.41) is 10.7. The number of nitrogens with one attached hydrogen (secondary N) is 2. The molecule has 2 amide bonds. The SMILES string of the molecule is Cc1cccc(OCC(=O)OCC(=O)NNC(=O)c2cccc([N+](=O)[O-])c2)c1. The van der Waals surface area contributed by atoms with E-state index in [1.165, 1.54) is 18.2 Å². The average molecular weight is 387 g/mol. The van der Waals surface area contributed by atoms with Gasteiger partial charge in [0.2, 0.25) is 0 Å². The van der Waals surface area contributed by atoms with Crippen molar-refractivity contribution in [3.8, 4) is 5.75 Å². The minimum atomic E-state index is -0.789. The van der Waals surface area contributed by atoms with Gasteiger partial charge in [-0.25, -0.2) is 4.79 Å². The first-order valence-corrected chi connectivity index (χ1v) is 8.04. The Bertz CT molecular complexity index is 898. The van der Waals surface area contributed by atoms with E-state index in [-0.39, 0.29) is 17.9 Å². The molecule has 0 saturated carbocycles. The Labute approximate surface area is 159 Å². The lowest BCUT2D eigenvalue weighted by Gasteiger charge is -2.09. The Morgan fingerprint density at radius 2 is 1.79 bits per heavy atom. The minimum absolute atomic E-state index is 0.0157. The summed E-state index contributed by atoms with van der Waals surface area (Å²) in [4.78, 5) is 45.1. The number of carbonyl (C=O) groups excluding carboxylic acids is 3. The molecule has 0 aromatic heterocycles. The molecule has 2 N–H and O–H groups in total. The molecule has 0 spiro atoms. The van der Waals surface area contributed by atoms with E-state index in [2.05, 4.69) is 5.43 Å². The average Bonchev–Trinajstić information content (AvgIpc) is 2.69. The molecule has 0 saturated heterocycles. The van der Waals surface area contributed by atoms with Crippen LogP contribution in [0.15, 0.2) is 48.5 Å². The predicted octanol–water partition coefficient (Wildman–Crippen LogP) is 1.29. The highest BCUT2D eigenvalue weighted by atomic mass is 16.6. The molecular weight excluding hydrogens is 370 g/mol. The molecule has 0 heterocycles. The number of non-ortho nitro benzene ring substituents is 1. The second-order valence-electron chi connectivity index (χ2n) is 5.58. The van der Waals surface area contributed by atoms with E-state index in [4.69, 9.17) is 9.47 Å². The van der Waals surface area contributed by atoms with Crippen molar-refractivity contribution < 1.29 is 28.8 Å². The van der Waals surface area contributed by atoms with Crippen LogP contribution in [0, 0.1) is 17.0 Å². The first-order valence-electron chi connectivity index (χ1n) is 8.04. The third kappa shape index (κ3) is 6.41. The second-order valence-corrected chi connectivity index (χ2v) is 5.58. The van der Waals surface area contributed by atoms with Crippen molar-refractivity contribution in [2.75, 3.05) is 13.2 Å². The van der Waals surface area contributed by atoms with Gasteiger partial charge in [0.15, 0.2) is 13.2 Å². The molecule has 0 atom stereocenters. The van der Waals surface area contributed by atoms with Crippen LogP contribution in [0.3, 0.4) is 0 Å². The van der Waals surface area contributed by atoms with Crippen molar-refractivity contribution in [3.05, 3.63) is 69.8 Å². The Hall–Kier alpha value is -3.95. The van der Waals surface area contributed by atoms with Crippen LogP contribution in [0.1, 0.15) is 15.9 Å². The first-order chi connectivity index (χ1) is 13.3. The molecular formula is C18H17N3O7. The molecule has 28 heavy (non-hydrogen) atoms. The minimum Gasteiger partial charge on any atom is -0.482 e. The molecule has 0 aliphatic heterocycles. The number of benzene rings is 2. The maximum absolute atomic E-state index is 11.9. The molecule has 0 aliphatic rings. The van der Waals surface area contributed by atoms with Gasteiger partial charge in [0, 0.05) is 17.7 Å². The molecule has 0 aliphatic carbocycles. The van der Waals surface area contributed by atoms with Gasteiger partial charge < -0.3 is 9.47 Å². The highest BCUT2D eigenvalue weighted by molar-refractivity contribution is 5.96. The standard InChI is InChI=1S/C18H17N3O7/c1-12-4-2-7-15(8-12)27-11-17(23)28-10-16(22)19-20-18(24)13-5-3-6-14(9-13)21(25)26/h2-9H,10-11H2,1H3,(H,19,22)(H,20,24). The lowest BCUT2D eigenvalue weighted by Crippen LogP contribution is -2.43. The molecule has 146 valence electrons. The third-order valence-corrected chi connectivity index (χ3v) is 3.35. The number of amides is 2. The number of carbonyl (C=O) groups is 3. The Morgan fingerprint density at radius 3 is 2.50 bits per heavy atom. The van der Waals surface area contributed by atoms with Crippen LogP contribution >= 0.6 is 0 Å². The van der Waals surface area contributed by atoms with E-state index in [1.807, 2.05) is 18.4 Å². The van der Waals surface area contributed by atoms with E-state index < -0.39 is 29.3 Å². The summed E-state index contributed by atoms with van der Waals surface area (Å²) in [6.07, 6.45) is 0. The fourth-order valence-electron chi connectivity index (χ4n) is 2.03. The summed E-state index contributed by atoms with van der Waals surface area (Å²) < 4.78 is 9.96. The number of hydrogen-bond donors (Lipinski definition) is 2. The van der Waals surface area contributed by atoms with Gasteiger partial charge in [-0.3, -0.25) is 30.6 Å². The van der Waals surface area contributed by atoms with Crippen LogP contribution in [-0.4, -0.2) is 35.9 Å². The normalized spacial score (nSPS) is 9.89. The van der Waals surface area contributed by atoms with Gasteiger partial charge in [0.1, 0.15) is 5.75 Å². The van der Waals surface area contributed by atoms with Gasteiger partial charge in [-0.15, -0.1) is 0 Å². The molecule has 0 fully saturated rings. The number of ether oxygens (including phenoxy) is 2. The zero-order valence-electron chi connectivity index (χ0n) is 14.8. The number of nitro groups is 1. The van der Waals surface area contributed by atoms with E-state index in [9.17, 15) is 24.5 Å². The molecule has 2 aromatic rings. The van der Waals surface area contributed by atoms with Crippen LogP contribution in [0.2, 0.25) is 0 Å². The number of nitro benzene ring substituents is 1. The topological polar surface area (TPSA) is 137 Å². The summed E-state index contributed by atoms with van der Waals surface area (Å²) in [5.74, 6) is -1.82. The summed E-state index contributed by atoms with van der Waals surface area (Å²) in [6, 6.07) is 12.0. The Morgan fingerprint density at radius 1 is 1.04 bits per heavy atom. The van der Waals surface area contributed by atoms with Crippen molar-refractivity contribution >= 4 is 23.5 Å². The zero-order valence-corrected chi connectivity index (χ0v) is 14.8. The predicted molar refractivity (Wildman–Crippen MR) is 96.3 cm³/mol. The number of rotatable bonds is 7. The maximum Gasteiger partial charge on any atom is 0.344 e. The van der Waals surface area contributed by atoms with Crippen LogP contribution in [0.25, 0.3) is 0 Å². The van der Waals surface area contributed by atoms with Crippen molar-refractivity contribution in [1.29, 1.82) is 0 Å². The first kappa shape index (κ1) is 20.4. The van der Waals surface area contributed by atoms with Crippen molar-refractivity contribution in [3.63, 3.8) is 0 Å². The van der Waals surface area contributed by atoms with Crippen LogP contribution in [0.5, 0.6) is 5.75 Å². The van der Waals surface area contributed by atoms with Gasteiger partial charge >= 0.3 is 5.97 Å². The zero-order chi connectivity index (χ0) is 20.5. The van der Waals surface area contributed by atoms with Gasteiger partial charge in [0.25, 0.3) is 17.5 Å². The number of hydrazine groups is 1. The van der Waals surface area contributed by atoms with Crippen molar-refractivity contribution in [1.82, 2.24) is 10.9 Å². The van der Waals surface area contributed by atoms with E-state index in [0.717, 1.165) is 11.6 Å². The summed E-state index contributed by atoms with van der Waals surface area (Å²) >= 11 is 0. The molecule has 0 bridgehead atoms. The molecule has 10 heteroatoms. The Balaban J connectivity index is 1.72. The van der Waals surface area contributed by atoms with Crippen molar-refractivity contribution in [2.24, 2.45) is 0 Å². The second kappa shape index (κ2) is 9.67. The molecule has 0 unspecified atom stereocenters. The van der Waals surface area contributed by atoms with Gasteiger partial charge in [-0.1, -0.05) is 18.2 Å². The van der Waals surface area contributed by atoms with Crippen LogP contribution in [0.4, 0.5) is 5.69 Å². The van der Waals surface area contributed by atoms with Gasteiger partial charge in [0.05, 0.1) is 4.92 Å². The van der Waals surface area contributed by atoms with E-state index >= 15 is 0 Å². The van der Waals surface area contributed by atoms with E-state index in [1.54, 1.807) is 18.2 Å². The number of hydrogen-bond acceptors (Lipinski definition) is 7. The summed E-state index contributed by atoms with van der Waals surface area (Å²) in [5.41, 5.74) is 4.79. The number of aryl methyl sites for hydroxylation is 1. The summed E-state index contributed by atoms with van der Waals surface area (Å²) in [7, 11) is 0. The fraction of sp³-hybridized carbons (Fsp3) is 0.167. The quantitative estimate of drug-likeness (QED) is 0.415. The highest BCUT2D eigenvalue weighted by Gasteiger charge is 2.13. The molecule has 2 aromatic carbocycles. The monoisotopic (exact) mass is 387 g/mol. The molecule has 0 radical (unpaired) electrons. The summed E-state index contributed by atoms with van der Waals surface area (Å²) in [6.45, 7) is 0.861. The lowest BCUT2D eigenvalue weighted by molar-refractivity contribution is -0.384.